The Hall–Kier alpha value is -1.45. The van der Waals surface area contributed by atoms with E-state index in [4.69, 9.17) is 4.74 Å². The molecule has 3 rings (SSSR count). The second kappa shape index (κ2) is 8.28. The van der Waals surface area contributed by atoms with Gasteiger partial charge in [0.1, 0.15) is 0 Å². The SMILES string of the molecule is CCOC(=O)c1ccc(S(=O)(=O)N2CCCC(C(=O)NC3CC3)C2)c(Br)c1. The molecule has 1 unspecified atom stereocenters. The molecule has 27 heavy (non-hydrogen) atoms. The van der Waals surface area contributed by atoms with Gasteiger partial charge in [0.05, 0.1) is 23.0 Å². The van der Waals surface area contributed by atoms with Crippen LogP contribution in [0.15, 0.2) is 27.6 Å². The number of nitrogens with one attached hydrogen (secondary N) is 1. The lowest BCUT2D eigenvalue weighted by atomic mass is 9.99. The Morgan fingerprint density at radius 3 is 2.67 bits per heavy atom. The van der Waals surface area contributed by atoms with E-state index < -0.39 is 16.0 Å². The topological polar surface area (TPSA) is 92.8 Å². The Kier molecular flexibility index (Phi) is 6.22. The Balaban J connectivity index is 1.76. The van der Waals surface area contributed by atoms with Crippen molar-refractivity contribution in [2.75, 3.05) is 19.7 Å². The van der Waals surface area contributed by atoms with Crippen LogP contribution in [0.4, 0.5) is 0 Å². The molecule has 1 aliphatic carbocycles. The van der Waals surface area contributed by atoms with Crippen LogP contribution < -0.4 is 5.32 Å². The van der Waals surface area contributed by atoms with Gasteiger partial charge in [-0.3, -0.25) is 4.79 Å². The zero-order valence-electron chi connectivity index (χ0n) is 15.1. The number of carbonyl (C=O) groups excluding carboxylic acids is 2. The Labute approximate surface area is 167 Å². The van der Waals surface area contributed by atoms with Crippen LogP contribution in [0, 0.1) is 5.92 Å². The van der Waals surface area contributed by atoms with Gasteiger partial charge in [0.25, 0.3) is 0 Å². The number of amides is 1. The number of ether oxygens (including phenoxy) is 1. The number of hydrogen-bond donors (Lipinski definition) is 1. The molecule has 2 aliphatic rings. The zero-order chi connectivity index (χ0) is 19.6. The third kappa shape index (κ3) is 4.70. The first-order valence-corrected chi connectivity index (χ1v) is 11.3. The first-order valence-electron chi connectivity index (χ1n) is 9.10. The summed E-state index contributed by atoms with van der Waals surface area (Å²) in [7, 11) is -3.77. The van der Waals surface area contributed by atoms with Gasteiger partial charge in [-0.2, -0.15) is 4.31 Å². The Morgan fingerprint density at radius 1 is 1.30 bits per heavy atom. The molecule has 1 N–H and O–H groups in total. The van der Waals surface area contributed by atoms with Crippen molar-refractivity contribution in [1.82, 2.24) is 9.62 Å². The summed E-state index contributed by atoms with van der Waals surface area (Å²) in [4.78, 5) is 24.2. The van der Waals surface area contributed by atoms with E-state index in [1.165, 1.54) is 22.5 Å². The molecule has 1 aliphatic heterocycles. The maximum atomic E-state index is 13.1. The van der Waals surface area contributed by atoms with Crippen LogP contribution in [0.25, 0.3) is 0 Å². The first-order chi connectivity index (χ1) is 12.8. The lowest BCUT2D eigenvalue weighted by Gasteiger charge is -2.31. The van der Waals surface area contributed by atoms with Crippen molar-refractivity contribution in [3.05, 3.63) is 28.2 Å². The molecule has 0 aromatic heterocycles. The smallest absolute Gasteiger partial charge is 0.338 e. The fraction of sp³-hybridized carbons (Fsp3) is 0.556. The van der Waals surface area contributed by atoms with Crippen LogP contribution in [-0.4, -0.2) is 50.3 Å². The number of benzene rings is 1. The molecule has 0 spiro atoms. The zero-order valence-corrected chi connectivity index (χ0v) is 17.5. The van der Waals surface area contributed by atoms with Crippen LogP contribution in [0.2, 0.25) is 0 Å². The molecule has 1 heterocycles. The highest BCUT2D eigenvalue weighted by Crippen LogP contribution is 2.30. The van der Waals surface area contributed by atoms with Crippen molar-refractivity contribution in [2.24, 2.45) is 5.92 Å². The number of sulfonamides is 1. The fourth-order valence-electron chi connectivity index (χ4n) is 3.11. The predicted octanol–water partition coefficient (Wildman–Crippen LogP) is 2.31. The van der Waals surface area contributed by atoms with Crippen LogP contribution in [0.5, 0.6) is 0 Å². The van der Waals surface area contributed by atoms with E-state index in [1.54, 1.807) is 6.92 Å². The minimum Gasteiger partial charge on any atom is -0.462 e. The van der Waals surface area contributed by atoms with Gasteiger partial charge >= 0.3 is 5.97 Å². The highest BCUT2D eigenvalue weighted by Gasteiger charge is 2.36. The van der Waals surface area contributed by atoms with Crippen LogP contribution in [-0.2, 0) is 19.6 Å². The minimum absolute atomic E-state index is 0.0610. The highest BCUT2D eigenvalue weighted by molar-refractivity contribution is 9.10. The van der Waals surface area contributed by atoms with Crippen molar-refractivity contribution in [1.29, 1.82) is 0 Å². The fourth-order valence-corrected chi connectivity index (χ4v) is 5.67. The summed E-state index contributed by atoms with van der Waals surface area (Å²) in [5.74, 6) is -0.891. The number of nitrogens with zero attached hydrogens (tertiary/aromatic N) is 1. The quantitative estimate of drug-likeness (QED) is 0.660. The second-order valence-corrected chi connectivity index (χ2v) is 9.61. The summed E-state index contributed by atoms with van der Waals surface area (Å²) >= 11 is 3.26. The Bertz CT molecular complexity index is 838. The number of halogens is 1. The average molecular weight is 459 g/mol. The van der Waals surface area contributed by atoms with Crippen LogP contribution in [0.3, 0.4) is 0 Å². The van der Waals surface area contributed by atoms with Crippen LogP contribution in [0.1, 0.15) is 43.0 Å². The van der Waals surface area contributed by atoms with E-state index in [0.29, 0.717) is 23.9 Å². The van der Waals surface area contributed by atoms with Gasteiger partial charge in [-0.25, -0.2) is 13.2 Å². The van der Waals surface area contributed by atoms with Gasteiger partial charge in [0.2, 0.25) is 15.9 Å². The monoisotopic (exact) mass is 458 g/mol. The molecule has 1 saturated heterocycles. The summed E-state index contributed by atoms with van der Waals surface area (Å²) in [6.07, 6.45) is 3.33. The molecule has 9 heteroatoms. The standard InChI is InChI=1S/C18H23BrN2O5S/c1-2-26-18(23)12-5-8-16(15(19)10-12)27(24,25)21-9-3-4-13(11-21)17(22)20-14-6-7-14/h5,8,10,13-14H,2-4,6-7,9,11H2,1H3,(H,20,22). The molecular formula is C18H23BrN2O5S. The number of piperidine rings is 1. The van der Waals surface area contributed by atoms with Crippen molar-refractivity contribution in [3.63, 3.8) is 0 Å². The maximum absolute atomic E-state index is 13.1. The number of hydrogen-bond acceptors (Lipinski definition) is 5. The molecule has 148 valence electrons. The first kappa shape index (κ1) is 20.3. The van der Waals surface area contributed by atoms with Gasteiger partial charge in [0.15, 0.2) is 0 Å². The van der Waals surface area contributed by atoms with E-state index in [0.717, 1.165) is 12.8 Å². The van der Waals surface area contributed by atoms with Crippen molar-refractivity contribution in [2.45, 2.75) is 43.5 Å². The molecule has 7 nitrogen and oxygen atoms in total. The molecule has 0 bridgehead atoms. The molecule has 1 amide bonds. The third-order valence-corrected chi connectivity index (χ3v) is 7.58. The lowest BCUT2D eigenvalue weighted by Crippen LogP contribution is -2.45. The van der Waals surface area contributed by atoms with Gasteiger partial charge in [-0.15, -0.1) is 0 Å². The van der Waals surface area contributed by atoms with Crippen molar-refractivity contribution < 1.29 is 22.7 Å². The molecule has 1 aromatic carbocycles. The van der Waals surface area contributed by atoms with E-state index in [-0.39, 0.29) is 41.5 Å². The number of esters is 1. The largest absolute Gasteiger partial charge is 0.462 e. The summed E-state index contributed by atoms with van der Waals surface area (Å²) in [5.41, 5.74) is 0.281. The molecular weight excluding hydrogens is 436 g/mol. The Morgan fingerprint density at radius 2 is 2.04 bits per heavy atom. The van der Waals surface area contributed by atoms with E-state index >= 15 is 0 Å². The van der Waals surface area contributed by atoms with Crippen molar-refractivity contribution in [3.8, 4) is 0 Å². The molecule has 1 aromatic rings. The number of rotatable bonds is 6. The normalized spacial score (nSPS) is 20.9. The summed E-state index contributed by atoms with van der Waals surface area (Å²) in [6.45, 7) is 2.50. The molecule has 2 fully saturated rings. The number of carbonyl (C=O) groups is 2. The lowest BCUT2D eigenvalue weighted by molar-refractivity contribution is -0.126. The maximum Gasteiger partial charge on any atom is 0.338 e. The third-order valence-electron chi connectivity index (χ3n) is 4.74. The minimum atomic E-state index is -3.77. The predicted molar refractivity (Wildman–Crippen MR) is 103 cm³/mol. The van der Waals surface area contributed by atoms with E-state index in [1.807, 2.05) is 0 Å². The van der Waals surface area contributed by atoms with E-state index in [9.17, 15) is 18.0 Å². The van der Waals surface area contributed by atoms with Gasteiger partial charge in [-0.05, 0) is 66.7 Å². The van der Waals surface area contributed by atoms with Crippen molar-refractivity contribution >= 4 is 37.8 Å². The average Bonchev–Trinajstić information content (AvgIpc) is 3.45. The summed E-state index contributed by atoms with van der Waals surface area (Å²) < 4.78 is 32.7. The van der Waals surface area contributed by atoms with Crippen LogP contribution >= 0.6 is 15.9 Å². The van der Waals surface area contributed by atoms with Gasteiger partial charge in [-0.1, -0.05) is 0 Å². The van der Waals surface area contributed by atoms with E-state index in [2.05, 4.69) is 21.2 Å². The highest BCUT2D eigenvalue weighted by atomic mass is 79.9. The molecule has 1 saturated carbocycles. The van der Waals surface area contributed by atoms with Gasteiger partial charge < -0.3 is 10.1 Å². The molecule has 0 radical (unpaired) electrons. The summed E-state index contributed by atoms with van der Waals surface area (Å²) in [6, 6.07) is 4.55. The second-order valence-electron chi connectivity index (χ2n) is 6.85. The summed E-state index contributed by atoms with van der Waals surface area (Å²) in [5, 5.41) is 2.96. The van der Waals surface area contributed by atoms with Gasteiger partial charge in [0, 0.05) is 23.6 Å². The molecule has 1 atom stereocenters.